The molecule has 0 aromatic rings. The molecule has 0 aliphatic carbocycles. The standard InChI is InChI=1S/C28H49NO23/c30-1-8(29-7-35)6-45-25-19(42)17(40)22(12(5-34)49-25)50-27-20(43)24(15(38)10(3-32)47-27)52-28-21(44)23(14(37)11(4-33)48-28)51-26-18(41)16(39)13(36)9(2-31)46-26/h7-28,30-34,36-44H,1-6H2,(H,29,35)/t8-,9-,10-,11-,12-,13+,14+,15+,16+,17-,18-,19-,20-,21-,22-,23+,24+,25-,26-,27+,28-/m1/s1. The van der Waals surface area contributed by atoms with E-state index in [2.05, 4.69) is 5.32 Å². The molecule has 4 aliphatic rings. The minimum absolute atomic E-state index is 0.298. The third kappa shape index (κ3) is 9.33. The Kier molecular flexibility index (Phi) is 16.2. The molecule has 1 amide bonds. The molecule has 21 atom stereocenters. The normalized spacial score (nSPS) is 47.9. The number of aliphatic hydroxyl groups is 14. The summed E-state index contributed by atoms with van der Waals surface area (Å²) < 4.78 is 43.9. The van der Waals surface area contributed by atoms with Crippen molar-refractivity contribution in [1.82, 2.24) is 5.32 Å². The molecular weight excluding hydrogens is 718 g/mol. The summed E-state index contributed by atoms with van der Waals surface area (Å²) in [5.74, 6) is 0. The molecule has 15 N–H and O–H groups in total. The number of ether oxygens (including phenoxy) is 8. The monoisotopic (exact) mass is 767 g/mol. The van der Waals surface area contributed by atoms with Gasteiger partial charge in [-0.15, -0.1) is 0 Å². The first-order valence-electron chi connectivity index (χ1n) is 16.3. The van der Waals surface area contributed by atoms with E-state index >= 15 is 0 Å². The lowest BCUT2D eigenvalue weighted by Crippen LogP contribution is -2.67. The maximum atomic E-state index is 11.2. The molecule has 4 saturated heterocycles. The van der Waals surface area contributed by atoms with Gasteiger partial charge in [-0.1, -0.05) is 0 Å². The maximum Gasteiger partial charge on any atom is 0.207 e. The molecule has 4 aliphatic heterocycles. The van der Waals surface area contributed by atoms with Crippen LogP contribution in [0.15, 0.2) is 0 Å². The average Bonchev–Trinajstić information content (AvgIpc) is 3.14. The van der Waals surface area contributed by atoms with E-state index in [9.17, 15) is 76.3 Å². The highest BCUT2D eigenvalue weighted by Gasteiger charge is 2.55. The van der Waals surface area contributed by atoms with Crippen molar-refractivity contribution < 1.29 is 114 Å². The van der Waals surface area contributed by atoms with Crippen molar-refractivity contribution in [2.75, 3.05) is 39.6 Å². The van der Waals surface area contributed by atoms with Crippen molar-refractivity contribution in [2.24, 2.45) is 0 Å². The van der Waals surface area contributed by atoms with Crippen molar-refractivity contribution in [3.8, 4) is 0 Å². The Bertz CT molecular complexity index is 1080. The molecule has 52 heavy (non-hydrogen) atoms. The van der Waals surface area contributed by atoms with Crippen LogP contribution < -0.4 is 5.32 Å². The zero-order chi connectivity index (χ0) is 38.4. The second-order valence-corrected chi connectivity index (χ2v) is 12.6. The van der Waals surface area contributed by atoms with E-state index in [1.54, 1.807) is 0 Å². The van der Waals surface area contributed by atoms with Crippen LogP contribution in [0, 0.1) is 0 Å². The lowest BCUT2D eigenvalue weighted by molar-refractivity contribution is -0.390. The second kappa shape index (κ2) is 19.4. The third-order valence-electron chi connectivity index (χ3n) is 9.17. The van der Waals surface area contributed by atoms with Crippen LogP contribution >= 0.6 is 0 Å². The maximum absolute atomic E-state index is 11.2. The van der Waals surface area contributed by atoms with Gasteiger partial charge in [0, 0.05) is 0 Å². The summed E-state index contributed by atoms with van der Waals surface area (Å²) in [6, 6.07) is -0.909. The summed E-state index contributed by atoms with van der Waals surface area (Å²) >= 11 is 0. The Morgan fingerprint density at radius 2 is 0.885 bits per heavy atom. The van der Waals surface area contributed by atoms with Crippen LogP contribution in [-0.4, -0.2) is 246 Å². The zero-order valence-corrected chi connectivity index (χ0v) is 27.4. The molecule has 24 nitrogen and oxygen atoms in total. The van der Waals surface area contributed by atoms with Gasteiger partial charge < -0.3 is 115 Å². The summed E-state index contributed by atoms with van der Waals surface area (Å²) in [4.78, 5) is 10.7. The molecule has 0 saturated carbocycles. The Morgan fingerprint density at radius 3 is 1.33 bits per heavy atom. The smallest absolute Gasteiger partial charge is 0.207 e. The van der Waals surface area contributed by atoms with Crippen LogP contribution in [-0.2, 0) is 42.7 Å². The van der Waals surface area contributed by atoms with Crippen LogP contribution in [0.1, 0.15) is 0 Å². The predicted octanol–water partition coefficient (Wildman–Crippen LogP) is -10.6. The molecule has 24 heteroatoms. The van der Waals surface area contributed by atoms with E-state index in [-0.39, 0.29) is 6.61 Å². The van der Waals surface area contributed by atoms with E-state index in [1.165, 1.54) is 0 Å². The Morgan fingerprint density at radius 1 is 0.481 bits per heavy atom. The van der Waals surface area contributed by atoms with Gasteiger partial charge in [-0.2, -0.15) is 0 Å². The van der Waals surface area contributed by atoms with E-state index in [1.807, 2.05) is 0 Å². The summed E-state index contributed by atoms with van der Waals surface area (Å²) in [5, 5.41) is 147. The molecule has 0 aromatic carbocycles. The van der Waals surface area contributed by atoms with Gasteiger partial charge in [0.2, 0.25) is 6.41 Å². The summed E-state index contributed by atoms with van der Waals surface area (Å²) in [5.41, 5.74) is 0. The van der Waals surface area contributed by atoms with Crippen molar-refractivity contribution in [2.45, 2.75) is 129 Å². The van der Waals surface area contributed by atoms with Crippen LogP contribution in [0.4, 0.5) is 0 Å². The van der Waals surface area contributed by atoms with Crippen LogP contribution in [0.2, 0.25) is 0 Å². The van der Waals surface area contributed by atoms with Gasteiger partial charge in [-0.05, 0) is 0 Å². The van der Waals surface area contributed by atoms with E-state index in [0.29, 0.717) is 6.41 Å². The van der Waals surface area contributed by atoms with Gasteiger partial charge in [0.1, 0.15) is 97.7 Å². The molecule has 304 valence electrons. The van der Waals surface area contributed by atoms with Gasteiger partial charge in [0.15, 0.2) is 25.2 Å². The summed E-state index contributed by atoms with van der Waals surface area (Å²) in [7, 11) is 0. The molecule has 4 heterocycles. The van der Waals surface area contributed by atoms with Gasteiger partial charge in [-0.25, -0.2) is 0 Å². The first kappa shape index (κ1) is 43.3. The molecule has 0 aromatic heterocycles. The van der Waals surface area contributed by atoms with Crippen molar-refractivity contribution in [1.29, 1.82) is 0 Å². The predicted molar refractivity (Wildman–Crippen MR) is 158 cm³/mol. The third-order valence-corrected chi connectivity index (χ3v) is 9.17. The minimum atomic E-state index is -2.08. The number of hydrogen-bond donors (Lipinski definition) is 15. The fourth-order valence-electron chi connectivity index (χ4n) is 6.12. The Hall–Kier alpha value is -1.41. The van der Waals surface area contributed by atoms with Gasteiger partial charge >= 0.3 is 0 Å². The quantitative estimate of drug-likeness (QED) is 0.0648. The molecular formula is C28H49NO23. The fourth-order valence-corrected chi connectivity index (χ4v) is 6.12. The van der Waals surface area contributed by atoms with Gasteiger partial charge in [-0.3, -0.25) is 4.79 Å². The minimum Gasteiger partial charge on any atom is -0.394 e. The first-order chi connectivity index (χ1) is 24.8. The topological polar surface area (TPSA) is 386 Å². The molecule has 0 spiro atoms. The second-order valence-electron chi connectivity index (χ2n) is 12.6. The van der Waals surface area contributed by atoms with Crippen LogP contribution in [0.3, 0.4) is 0 Å². The lowest BCUT2D eigenvalue weighted by atomic mass is 9.95. The highest BCUT2D eigenvalue weighted by Crippen LogP contribution is 2.34. The number of aliphatic hydroxyl groups excluding tert-OH is 14. The molecule has 0 unspecified atom stereocenters. The molecule has 0 radical (unpaired) electrons. The number of carbonyl (C=O) groups excluding carboxylic acids is 1. The van der Waals surface area contributed by atoms with E-state index in [0.717, 1.165) is 0 Å². The SMILES string of the molecule is O=CN[C@H](CO)CO[C@@H]1O[C@H](CO)[C@@H](O[C@@H]2O[C@H](CO)[C@H](O)[C@H](O[C@H]3O[C@H](CO)[C@H](O)[C@H](O[C@H]4O[C@H](CO)[C@H](O)[C@H](O)[C@H]4O)[C@H]3O)[C@H]2O)[C@H](O)[C@H]1O. The average molecular weight is 768 g/mol. The van der Waals surface area contributed by atoms with E-state index in [4.69, 9.17) is 37.9 Å². The molecule has 4 rings (SSSR count). The fraction of sp³-hybridized carbons (Fsp3) is 0.964. The lowest BCUT2D eigenvalue weighted by Gasteiger charge is -2.49. The molecule has 0 bridgehead atoms. The van der Waals surface area contributed by atoms with Crippen molar-refractivity contribution >= 4 is 6.41 Å². The molecule has 4 fully saturated rings. The highest BCUT2D eigenvalue weighted by molar-refractivity contribution is 5.46. The highest BCUT2D eigenvalue weighted by atomic mass is 16.8. The van der Waals surface area contributed by atoms with Crippen LogP contribution in [0.5, 0.6) is 0 Å². The van der Waals surface area contributed by atoms with Crippen molar-refractivity contribution in [3.05, 3.63) is 0 Å². The van der Waals surface area contributed by atoms with Gasteiger partial charge in [0.05, 0.1) is 45.7 Å². The zero-order valence-electron chi connectivity index (χ0n) is 27.4. The summed E-state index contributed by atoms with van der Waals surface area (Å²) in [6.07, 6.45) is -35.9. The van der Waals surface area contributed by atoms with E-state index < -0.39 is 162 Å². The largest absolute Gasteiger partial charge is 0.394 e. The number of hydrogen-bond acceptors (Lipinski definition) is 23. The Balaban J connectivity index is 1.49. The van der Waals surface area contributed by atoms with Gasteiger partial charge in [0.25, 0.3) is 0 Å². The first-order valence-corrected chi connectivity index (χ1v) is 16.3. The number of rotatable bonds is 16. The Labute approximate surface area is 294 Å². The summed E-state index contributed by atoms with van der Waals surface area (Å²) in [6.45, 7) is -4.46. The van der Waals surface area contributed by atoms with Crippen LogP contribution in [0.25, 0.3) is 0 Å². The number of amides is 1. The van der Waals surface area contributed by atoms with Crippen molar-refractivity contribution in [3.63, 3.8) is 0 Å². The number of carbonyl (C=O) groups is 1. The number of nitrogens with one attached hydrogen (secondary N) is 1.